The summed E-state index contributed by atoms with van der Waals surface area (Å²) >= 11 is 0. The topological polar surface area (TPSA) is 0 Å². The highest BCUT2D eigenvalue weighted by Crippen LogP contribution is 2.22. The molecule has 15 heavy (non-hydrogen) atoms. The maximum Gasteiger partial charge on any atom is -0.0187 e. The minimum atomic E-state index is 0.626. The molecule has 0 spiro atoms. The van der Waals surface area contributed by atoms with E-state index < -0.39 is 0 Å². The third-order valence-corrected chi connectivity index (χ3v) is 2.87. The van der Waals surface area contributed by atoms with Gasteiger partial charge in [-0.15, -0.1) is 0 Å². The minimum Gasteiger partial charge on any atom is -0.0988 e. The van der Waals surface area contributed by atoms with Gasteiger partial charge < -0.3 is 0 Å². The third kappa shape index (κ3) is 3.75. The Morgan fingerprint density at radius 3 is 2.53 bits per heavy atom. The molecule has 0 aromatic heterocycles. The molecule has 0 amide bonds. The van der Waals surface area contributed by atoms with Gasteiger partial charge in [0, 0.05) is 0 Å². The van der Waals surface area contributed by atoms with Crippen LogP contribution in [0.5, 0.6) is 0 Å². The van der Waals surface area contributed by atoms with Gasteiger partial charge >= 0.3 is 0 Å². The van der Waals surface area contributed by atoms with E-state index in [0.29, 0.717) is 5.92 Å². The highest BCUT2D eigenvalue weighted by molar-refractivity contribution is 5.20. The predicted molar refractivity (Wildman–Crippen MR) is 68.0 cm³/mol. The Labute approximate surface area is 93.3 Å². The van der Waals surface area contributed by atoms with Crippen LogP contribution < -0.4 is 0 Å². The molecule has 1 atom stereocenters. The van der Waals surface area contributed by atoms with Crippen molar-refractivity contribution in [2.24, 2.45) is 0 Å². The smallest absolute Gasteiger partial charge is 0.0187 e. The third-order valence-electron chi connectivity index (χ3n) is 2.87. The van der Waals surface area contributed by atoms with Crippen LogP contribution in [0.2, 0.25) is 0 Å². The Morgan fingerprint density at radius 2 is 2.00 bits per heavy atom. The predicted octanol–water partition coefficient (Wildman–Crippen LogP) is 4.70. The average molecular weight is 200 g/mol. The molecule has 0 aliphatic heterocycles. The van der Waals surface area contributed by atoms with Crippen LogP contribution >= 0.6 is 0 Å². The van der Waals surface area contributed by atoms with Crippen LogP contribution in [0.15, 0.2) is 54.6 Å². The summed E-state index contributed by atoms with van der Waals surface area (Å²) in [5.74, 6) is 0.626. The fraction of sp³-hybridized carbons (Fsp3) is 0.333. The first kappa shape index (κ1) is 11.8. The molecular weight excluding hydrogens is 180 g/mol. The highest BCUT2D eigenvalue weighted by Gasteiger charge is 2.04. The van der Waals surface area contributed by atoms with E-state index in [1.54, 1.807) is 0 Å². The van der Waals surface area contributed by atoms with Gasteiger partial charge in [0.25, 0.3) is 0 Å². The van der Waals surface area contributed by atoms with Crippen molar-refractivity contribution in [3.63, 3.8) is 0 Å². The molecule has 0 N–H and O–H groups in total. The van der Waals surface area contributed by atoms with Crippen LogP contribution in [0.1, 0.15) is 38.2 Å². The van der Waals surface area contributed by atoms with Crippen molar-refractivity contribution in [1.29, 1.82) is 0 Å². The van der Waals surface area contributed by atoms with E-state index >= 15 is 0 Å². The van der Waals surface area contributed by atoms with Crippen molar-refractivity contribution in [3.8, 4) is 0 Å². The maximum absolute atomic E-state index is 3.81. The molecule has 0 saturated heterocycles. The number of hydrogen-bond acceptors (Lipinski definition) is 0. The van der Waals surface area contributed by atoms with Gasteiger partial charge in [-0.05, 0) is 31.2 Å². The van der Waals surface area contributed by atoms with Gasteiger partial charge in [0.2, 0.25) is 0 Å². The van der Waals surface area contributed by atoms with Gasteiger partial charge in [-0.3, -0.25) is 0 Å². The Balaban J connectivity index is 2.50. The molecule has 0 heteroatoms. The van der Waals surface area contributed by atoms with E-state index in [1.807, 2.05) is 6.08 Å². The van der Waals surface area contributed by atoms with Gasteiger partial charge in [0.05, 0.1) is 0 Å². The van der Waals surface area contributed by atoms with Crippen molar-refractivity contribution < 1.29 is 0 Å². The molecule has 1 unspecified atom stereocenters. The Kier molecular flexibility index (Phi) is 4.89. The van der Waals surface area contributed by atoms with Crippen molar-refractivity contribution in [3.05, 3.63) is 60.2 Å². The lowest BCUT2D eigenvalue weighted by molar-refractivity contribution is 0.681. The lowest BCUT2D eigenvalue weighted by Gasteiger charge is -2.11. The molecule has 1 aromatic rings. The number of hydrogen-bond donors (Lipinski definition) is 0. The number of allylic oxidation sites excluding steroid dienone is 3. The second-order valence-corrected chi connectivity index (χ2v) is 3.92. The summed E-state index contributed by atoms with van der Waals surface area (Å²) in [4.78, 5) is 0. The fourth-order valence-electron chi connectivity index (χ4n) is 1.70. The summed E-state index contributed by atoms with van der Waals surface area (Å²) in [6, 6.07) is 10.7. The Bertz CT molecular complexity index is 319. The van der Waals surface area contributed by atoms with Crippen LogP contribution in [-0.4, -0.2) is 0 Å². The van der Waals surface area contributed by atoms with Crippen molar-refractivity contribution >= 4 is 0 Å². The summed E-state index contributed by atoms with van der Waals surface area (Å²) in [7, 11) is 0. The lowest BCUT2D eigenvalue weighted by Crippen LogP contribution is -1.93. The van der Waals surface area contributed by atoms with E-state index in [2.05, 4.69) is 56.8 Å². The molecular formula is C15H20. The molecule has 0 aliphatic carbocycles. The molecule has 0 heterocycles. The second kappa shape index (κ2) is 6.23. The second-order valence-electron chi connectivity index (χ2n) is 3.92. The van der Waals surface area contributed by atoms with Crippen LogP contribution in [0, 0.1) is 0 Å². The molecule has 0 saturated carbocycles. The Hall–Kier alpha value is -1.30. The summed E-state index contributed by atoms with van der Waals surface area (Å²) in [6.07, 6.45) is 6.41. The Morgan fingerprint density at radius 1 is 1.33 bits per heavy atom. The molecule has 0 aliphatic rings. The van der Waals surface area contributed by atoms with Crippen LogP contribution in [0.3, 0.4) is 0 Å². The fourth-order valence-corrected chi connectivity index (χ4v) is 1.70. The first-order valence-electron chi connectivity index (χ1n) is 5.60. The van der Waals surface area contributed by atoms with Crippen LogP contribution in [-0.2, 0) is 0 Å². The zero-order valence-corrected chi connectivity index (χ0v) is 9.74. The molecule has 1 rings (SSSR count). The van der Waals surface area contributed by atoms with E-state index in [9.17, 15) is 0 Å². The van der Waals surface area contributed by atoms with Crippen molar-refractivity contribution in [2.45, 2.75) is 32.6 Å². The number of rotatable bonds is 5. The van der Waals surface area contributed by atoms with E-state index in [0.717, 1.165) is 6.42 Å². The first-order chi connectivity index (χ1) is 7.27. The van der Waals surface area contributed by atoms with E-state index in [1.165, 1.54) is 17.6 Å². The van der Waals surface area contributed by atoms with E-state index in [4.69, 9.17) is 0 Å². The van der Waals surface area contributed by atoms with Crippen molar-refractivity contribution in [1.82, 2.24) is 0 Å². The van der Waals surface area contributed by atoms with Gasteiger partial charge in [-0.1, -0.05) is 61.6 Å². The van der Waals surface area contributed by atoms with Crippen LogP contribution in [0.25, 0.3) is 0 Å². The quantitative estimate of drug-likeness (QED) is 0.604. The van der Waals surface area contributed by atoms with Gasteiger partial charge in [-0.2, -0.15) is 0 Å². The molecule has 0 bridgehead atoms. The highest BCUT2D eigenvalue weighted by atomic mass is 14.1. The van der Waals surface area contributed by atoms with Crippen molar-refractivity contribution in [2.75, 3.05) is 0 Å². The molecule has 0 fully saturated rings. The van der Waals surface area contributed by atoms with Gasteiger partial charge in [0.1, 0.15) is 0 Å². The van der Waals surface area contributed by atoms with E-state index in [-0.39, 0.29) is 0 Å². The van der Waals surface area contributed by atoms with Gasteiger partial charge in [0.15, 0.2) is 0 Å². The van der Waals surface area contributed by atoms with Gasteiger partial charge in [-0.25, -0.2) is 0 Å². The molecule has 0 nitrogen and oxygen atoms in total. The van der Waals surface area contributed by atoms with Crippen LogP contribution in [0.4, 0.5) is 0 Å². The average Bonchev–Trinajstić information content (AvgIpc) is 2.31. The summed E-state index contributed by atoms with van der Waals surface area (Å²) in [5, 5.41) is 0. The zero-order chi connectivity index (χ0) is 11.1. The number of benzene rings is 1. The standard InChI is InChI=1S/C15H20/c1-4-14(5-2)12-11-13(3)15-9-7-6-8-10-15/h4-10,13H,1,11-12H2,2-3H3/b14-5+. The molecule has 80 valence electrons. The summed E-state index contributed by atoms with van der Waals surface area (Å²) < 4.78 is 0. The SMILES string of the molecule is C=C/C(=C\C)CCC(C)c1ccccc1. The molecule has 1 aromatic carbocycles. The molecule has 0 radical (unpaired) electrons. The maximum atomic E-state index is 3.81. The minimum absolute atomic E-state index is 0.626. The lowest BCUT2D eigenvalue weighted by atomic mass is 9.94. The largest absolute Gasteiger partial charge is 0.0988 e. The monoisotopic (exact) mass is 200 g/mol. The zero-order valence-electron chi connectivity index (χ0n) is 9.74. The normalized spacial score (nSPS) is 13.6. The first-order valence-corrected chi connectivity index (χ1v) is 5.60. The summed E-state index contributed by atoms with van der Waals surface area (Å²) in [6.45, 7) is 8.17. The summed E-state index contributed by atoms with van der Waals surface area (Å²) in [5.41, 5.74) is 2.77.